The van der Waals surface area contributed by atoms with Crippen molar-refractivity contribution in [1.29, 1.82) is 0 Å². The summed E-state index contributed by atoms with van der Waals surface area (Å²) in [7, 11) is 1.28. The average molecular weight is 271 g/mol. The summed E-state index contributed by atoms with van der Waals surface area (Å²) in [6, 6.07) is 7.42. The summed E-state index contributed by atoms with van der Waals surface area (Å²) in [6.07, 6.45) is 1.59. The number of esters is 1. The van der Waals surface area contributed by atoms with Crippen molar-refractivity contribution >= 4 is 28.0 Å². The van der Waals surface area contributed by atoms with Crippen LogP contribution in [0.2, 0.25) is 0 Å². The molecule has 0 spiro atoms. The topological polar surface area (TPSA) is 46.5 Å². The monoisotopic (exact) mass is 270 g/mol. The van der Waals surface area contributed by atoms with Crippen LogP contribution in [0.4, 0.5) is 0 Å². The van der Waals surface area contributed by atoms with E-state index in [2.05, 4.69) is 20.7 Å². The normalized spacial score (nSPS) is 11.3. The number of hydrogen-bond acceptors (Lipinski definition) is 3. The third-order valence-corrected chi connectivity index (χ3v) is 2.58. The van der Waals surface area contributed by atoms with E-state index in [1.165, 1.54) is 7.11 Å². The molecule has 0 atom stereocenters. The van der Waals surface area contributed by atoms with Crippen molar-refractivity contribution in [3.05, 3.63) is 39.9 Å². The van der Waals surface area contributed by atoms with Gasteiger partial charge >= 0.3 is 5.97 Å². The van der Waals surface area contributed by atoms with E-state index >= 15 is 0 Å². The molecule has 15 heavy (non-hydrogen) atoms. The quantitative estimate of drug-likeness (QED) is 0.675. The molecule has 0 aliphatic carbocycles. The second kappa shape index (κ2) is 5.68. The van der Waals surface area contributed by atoms with Gasteiger partial charge in [0, 0.05) is 4.47 Å². The molecular weight excluding hydrogens is 260 g/mol. The van der Waals surface area contributed by atoms with Crippen LogP contribution in [0.25, 0.3) is 6.08 Å². The van der Waals surface area contributed by atoms with Gasteiger partial charge in [0.2, 0.25) is 0 Å². The van der Waals surface area contributed by atoms with Gasteiger partial charge in [-0.3, -0.25) is 0 Å². The first-order valence-electron chi connectivity index (χ1n) is 4.33. The van der Waals surface area contributed by atoms with Gasteiger partial charge in [-0.1, -0.05) is 34.1 Å². The fraction of sp³-hybridized carbons (Fsp3) is 0.182. The number of rotatable bonds is 3. The zero-order valence-electron chi connectivity index (χ0n) is 8.24. The predicted octanol–water partition coefficient (Wildman–Crippen LogP) is 2.00. The molecule has 1 aromatic carbocycles. The van der Waals surface area contributed by atoms with Crippen molar-refractivity contribution in [2.45, 2.75) is 0 Å². The van der Waals surface area contributed by atoms with Gasteiger partial charge < -0.3 is 9.84 Å². The Kier molecular flexibility index (Phi) is 4.52. The number of ether oxygens (including phenoxy) is 1. The zero-order valence-corrected chi connectivity index (χ0v) is 9.82. The van der Waals surface area contributed by atoms with Crippen LogP contribution in [0.5, 0.6) is 0 Å². The minimum atomic E-state index is -0.520. The van der Waals surface area contributed by atoms with Crippen molar-refractivity contribution in [1.82, 2.24) is 0 Å². The molecule has 0 aliphatic heterocycles. The maximum absolute atomic E-state index is 11.2. The lowest BCUT2D eigenvalue weighted by molar-refractivity contribution is -0.136. The molecule has 0 saturated heterocycles. The van der Waals surface area contributed by atoms with Gasteiger partial charge in [-0.2, -0.15) is 0 Å². The standard InChI is InChI=1S/C11H11BrO3/c1-15-11(14)9(7-13)6-8-4-2-3-5-10(8)12/h2-6,13H,7H2,1H3/b9-6+. The first kappa shape index (κ1) is 11.9. The smallest absolute Gasteiger partial charge is 0.336 e. The van der Waals surface area contributed by atoms with Crippen LogP contribution in [-0.2, 0) is 9.53 Å². The van der Waals surface area contributed by atoms with Crippen LogP contribution in [0, 0.1) is 0 Å². The van der Waals surface area contributed by atoms with Crippen LogP contribution < -0.4 is 0 Å². The maximum Gasteiger partial charge on any atom is 0.336 e. The summed E-state index contributed by atoms with van der Waals surface area (Å²) < 4.78 is 5.39. The number of carbonyl (C=O) groups is 1. The molecule has 0 unspecified atom stereocenters. The van der Waals surface area contributed by atoms with Crippen LogP contribution >= 0.6 is 15.9 Å². The molecule has 0 saturated carbocycles. The second-order valence-electron chi connectivity index (χ2n) is 2.84. The summed E-state index contributed by atoms with van der Waals surface area (Å²) in [6.45, 7) is -0.339. The maximum atomic E-state index is 11.2. The zero-order chi connectivity index (χ0) is 11.3. The Bertz CT molecular complexity index is 385. The molecule has 0 aromatic heterocycles. The Morgan fingerprint density at radius 3 is 2.73 bits per heavy atom. The summed E-state index contributed by atoms with van der Waals surface area (Å²) in [5.41, 5.74) is 1.05. The van der Waals surface area contributed by atoms with Crippen LogP contribution in [0.3, 0.4) is 0 Å². The molecule has 0 amide bonds. The number of aliphatic hydroxyl groups excluding tert-OH is 1. The van der Waals surface area contributed by atoms with E-state index in [1.807, 2.05) is 24.3 Å². The number of halogens is 1. The summed E-state index contributed by atoms with van der Waals surface area (Å²) in [4.78, 5) is 11.2. The average Bonchev–Trinajstić information content (AvgIpc) is 2.27. The highest BCUT2D eigenvalue weighted by atomic mass is 79.9. The Labute approximate surface area is 96.5 Å². The lowest BCUT2D eigenvalue weighted by atomic mass is 10.1. The minimum Gasteiger partial charge on any atom is -0.466 e. The van der Waals surface area contributed by atoms with E-state index in [0.717, 1.165) is 10.0 Å². The number of aliphatic hydroxyl groups is 1. The Morgan fingerprint density at radius 2 is 2.20 bits per heavy atom. The number of carbonyl (C=O) groups excluding carboxylic acids is 1. The first-order valence-corrected chi connectivity index (χ1v) is 5.12. The van der Waals surface area contributed by atoms with Gasteiger partial charge in [-0.15, -0.1) is 0 Å². The highest BCUT2D eigenvalue weighted by Crippen LogP contribution is 2.19. The van der Waals surface area contributed by atoms with Crippen LogP contribution in [-0.4, -0.2) is 24.8 Å². The lowest BCUT2D eigenvalue weighted by Gasteiger charge is -2.03. The minimum absolute atomic E-state index is 0.226. The molecule has 4 heteroatoms. The van der Waals surface area contributed by atoms with E-state index in [4.69, 9.17) is 5.11 Å². The Balaban J connectivity index is 3.03. The van der Waals surface area contributed by atoms with E-state index in [1.54, 1.807) is 6.08 Å². The van der Waals surface area contributed by atoms with Crippen molar-refractivity contribution in [2.75, 3.05) is 13.7 Å². The third kappa shape index (κ3) is 3.18. The van der Waals surface area contributed by atoms with Gasteiger partial charge in [0.25, 0.3) is 0 Å². The predicted molar refractivity (Wildman–Crippen MR) is 61.2 cm³/mol. The fourth-order valence-corrected chi connectivity index (χ4v) is 1.48. The van der Waals surface area contributed by atoms with Gasteiger partial charge in [-0.25, -0.2) is 4.79 Å². The van der Waals surface area contributed by atoms with Crippen molar-refractivity contribution in [3.8, 4) is 0 Å². The molecule has 1 aromatic rings. The van der Waals surface area contributed by atoms with Crippen molar-refractivity contribution < 1.29 is 14.6 Å². The molecule has 0 bridgehead atoms. The van der Waals surface area contributed by atoms with Crippen molar-refractivity contribution in [2.24, 2.45) is 0 Å². The molecule has 0 fully saturated rings. The van der Waals surface area contributed by atoms with Gasteiger partial charge in [0.1, 0.15) is 0 Å². The Hall–Kier alpha value is -1.13. The van der Waals surface area contributed by atoms with Crippen LogP contribution in [0.1, 0.15) is 5.56 Å². The fourth-order valence-electron chi connectivity index (χ4n) is 1.08. The SMILES string of the molecule is COC(=O)/C(=C/c1ccccc1Br)CO. The van der Waals surface area contributed by atoms with Crippen molar-refractivity contribution in [3.63, 3.8) is 0 Å². The molecule has 0 aliphatic rings. The highest BCUT2D eigenvalue weighted by molar-refractivity contribution is 9.10. The van der Waals surface area contributed by atoms with Gasteiger partial charge in [0.15, 0.2) is 0 Å². The van der Waals surface area contributed by atoms with E-state index in [-0.39, 0.29) is 12.2 Å². The molecule has 0 heterocycles. The molecule has 0 radical (unpaired) electrons. The number of hydrogen-bond donors (Lipinski definition) is 1. The van der Waals surface area contributed by atoms with E-state index < -0.39 is 5.97 Å². The largest absolute Gasteiger partial charge is 0.466 e. The summed E-state index contributed by atoms with van der Waals surface area (Å²) in [5.74, 6) is -0.520. The van der Waals surface area contributed by atoms with E-state index in [9.17, 15) is 4.79 Å². The molecular formula is C11H11BrO3. The number of methoxy groups -OCH3 is 1. The van der Waals surface area contributed by atoms with E-state index in [0.29, 0.717) is 0 Å². The Morgan fingerprint density at radius 1 is 1.53 bits per heavy atom. The summed E-state index contributed by atoms with van der Waals surface area (Å²) >= 11 is 3.35. The second-order valence-corrected chi connectivity index (χ2v) is 3.70. The number of benzene rings is 1. The molecule has 1 N–H and O–H groups in total. The van der Waals surface area contributed by atoms with Crippen LogP contribution in [0.15, 0.2) is 34.3 Å². The van der Waals surface area contributed by atoms with Gasteiger partial charge in [-0.05, 0) is 17.7 Å². The molecule has 80 valence electrons. The van der Waals surface area contributed by atoms with Gasteiger partial charge in [0.05, 0.1) is 19.3 Å². The first-order chi connectivity index (χ1) is 7.19. The summed E-state index contributed by atoms with van der Waals surface area (Å²) in [5, 5.41) is 9.00. The highest BCUT2D eigenvalue weighted by Gasteiger charge is 2.08. The molecule has 3 nitrogen and oxygen atoms in total. The lowest BCUT2D eigenvalue weighted by Crippen LogP contribution is -2.08. The molecule has 1 rings (SSSR count). The third-order valence-electron chi connectivity index (χ3n) is 1.85.